The van der Waals surface area contributed by atoms with E-state index >= 15 is 0 Å². The Morgan fingerprint density at radius 1 is 1.16 bits per heavy atom. The highest BCUT2D eigenvalue weighted by Crippen LogP contribution is 2.24. The lowest BCUT2D eigenvalue weighted by molar-refractivity contribution is -0.119. The van der Waals surface area contributed by atoms with Crippen LogP contribution < -0.4 is 5.32 Å². The summed E-state index contributed by atoms with van der Waals surface area (Å²) in [5, 5.41) is 12.0. The number of rotatable bonds is 7. The number of nitrogens with zero attached hydrogens (tertiary/aromatic N) is 4. The zero-order valence-electron chi connectivity index (χ0n) is 18.5. The van der Waals surface area contributed by atoms with Crippen molar-refractivity contribution in [3.63, 3.8) is 0 Å². The molecule has 1 aliphatic heterocycles. The number of furan rings is 1. The van der Waals surface area contributed by atoms with Crippen molar-refractivity contribution in [2.24, 2.45) is 5.92 Å². The van der Waals surface area contributed by atoms with Gasteiger partial charge in [-0.15, -0.1) is 10.2 Å². The van der Waals surface area contributed by atoms with E-state index in [0.29, 0.717) is 5.92 Å². The van der Waals surface area contributed by atoms with Gasteiger partial charge in [0.05, 0.1) is 12.3 Å². The highest BCUT2D eigenvalue weighted by atomic mass is 16.3. The molecule has 0 spiro atoms. The fraction of sp³-hybridized carbons (Fsp3) is 0.458. The maximum atomic E-state index is 11.8. The lowest BCUT2D eigenvalue weighted by atomic mass is 10.0. The van der Waals surface area contributed by atoms with Crippen LogP contribution in [0.15, 0.2) is 47.1 Å². The standard InChI is InChI=1S/C24H31N5O2/c1-17(2)14-21(25-18(3)30)24-27-26-23-9-10-28(11-12-29(23)24)16-19-6-4-7-20(15-19)22-8-5-13-31-22/h4-8,13,15,17,21H,9-12,14,16H2,1-3H3,(H,25,30). The monoisotopic (exact) mass is 421 g/mol. The van der Waals surface area contributed by atoms with E-state index in [-0.39, 0.29) is 11.9 Å². The predicted octanol–water partition coefficient (Wildman–Crippen LogP) is 3.82. The number of hydrogen-bond donors (Lipinski definition) is 1. The third kappa shape index (κ3) is 5.22. The summed E-state index contributed by atoms with van der Waals surface area (Å²) in [4.78, 5) is 14.2. The van der Waals surface area contributed by atoms with Crippen LogP contribution in [0.25, 0.3) is 11.3 Å². The Kier molecular flexibility index (Phi) is 6.51. The number of aromatic nitrogens is 3. The maximum Gasteiger partial charge on any atom is 0.217 e. The van der Waals surface area contributed by atoms with Crippen molar-refractivity contribution in [3.05, 3.63) is 59.9 Å². The van der Waals surface area contributed by atoms with E-state index in [1.54, 1.807) is 13.2 Å². The molecule has 4 rings (SSSR count). The second kappa shape index (κ2) is 9.47. The fourth-order valence-electron chi connectivity index (χ4n) is 4.27. The van der Waals surface area contributed by atoms with Crippen LogP contribution in [0, 0.1) is 5.92 Å². The molecule has 1 aromatic carbocycles. The number of nitrogens with one attached hydrogen (secondary N) is 1. The Hall–Kier alpha value is -2.93. The smallest absolute Gasteiger partial charge is 0.217 e. The van der Waals surface area contributed by atoms with Crippen LogP contribution in [0.3, 0.4) is 0 Å². The number of carbonyl (C=O) groups is 1. The topological polar surface area (TPSA) is 76.2 Å². The molecule has 7 nitrogen and oxygen atoms in total. The summed E-state index contributed by atoms with van der Waals surface area (Å²) < 4.78 is 7.76. The highest BCUT2D eigenvalue weighted by molar-refractivity contribution is 5.73. The van der Waals surface area contributed by atoms with Crippen LogP contribution >= 0.6 is 0 Å². The second-order valence-corrected chi connectivity index (χ2v) is 8.71. The van der Waals surface area contributed by atoms with E-state index in [1.807, 2.05) is 12.1 Å². The van der Waals surface area contributed by atoms with Gasteiger partial charge in [-0.05, 0) is 36.1 Å². The lowest BCUT2D eigenvalue weighted by Gasteiger charge is -2.22. The van der Waals surface area contributed by atoms with Crippen molar-refractivity contribution in [2.45, 2.75) is 52.7 Å². The highest BCUT2D eigenvalue weighted by Gasteiger charge is 2.25. The molecular weight excluding hydrogens is 390 g/mol. The molecule has 164 valence electrons. The van der Waals surface area contributed by atoms with Gasteiger partial charge in [0.15, 0.2) is 5.82 Å². The Labute approximate surface area is 183 Å². The molecule has 1 amide bonds. The van der Waals surface area contributed by atoms with E-state index < -0.39 is 0 Å². The zero-order valence-corrected chi connectivity index (χ0v) is 18.5. The Morgan fingerprint density at radius 2 is 2.03 bits per heavy atom. The van der Waals surface area contributed by atoms with Crippen molar-refractivity contribution < 1.29 is 9.21 Å². The lowest BCUT2D eigenvalue weighted by Crippen LogP contribution is -2.31. The Balaban J connectivity index is 1.46. The van der Waals surface area contributed by atoms with Gasteiger partial charge < -0.3 is 14.3 Å². The summed E-state index contributed by atoms with van der Waals surface area (Å²) in [6.45, 7) is 9.42. The summed E-state index contributed by atoms with van der Waals surface area (Å²) in [6, 6.07) is 12.3. The Bertz CT molecular complexity index is 1010. The summed E-state index contributed by atoms with van der Waals surface area (Å²) in [5.41, 5.74) is 2.37. The number of benzene rings is 1. The number of carbonyl (C=O) groups excluding carboxylic acids is 1. The van der Waals surface area contributed by atoms with Crippen LogP contribution in [0.4, 0.5) is 0 Å². The van der Waals surface area contributed by atoms with Crippen LogP contribution in [0.1, 0.15) is 50.4 Å². The molecule has 1 unspecified atom stereocenters. The quantitative estimate of drug-likeness (QED) is 0.628. The van der Waals surface area contributed by atoms with Crippen molar-refractivity contribution in [3.8, 4) is 11.3 Å². The van der Waals surface area contributed by atoms with Crippen LogP contribution in [-0.4, -0.2) is 38.7 Å². The number of fused-ring (bicyclic) bond motifs is 1. The van der Waals surface area contributed by atoms with Crippen LogP contribution in [0.5, 0.6) is 0 Å². The van der Waals surface area contributed by atoms with E-state index in [0.717, 1.165) is 62.0 Å². The molecule has 0 saturated heterocycles. The van der Waals surface area contributed by atoms with Crippen molar-refractivity contribution in [2.75, 3.05) is 13.1 Å². The first-order valence-corrected chi connectivity index (χ1v) is 11.0. The fourth-order valence-corrected chi connectivity index (χ4v) is 4.27. The largest absolute Gasteiger partial charge is 0.464 e. The third-order valence-electron chi connectivity index (χ3n) is 5.68. The first-order chi connectivity index (χ1) is 15.0. The average molecular weight is 422 g/mol. The minimum atomic E-state index is -0.102. The van der Waals surface area contributed by atoms with Gasteiger partial charge in [0.25, 0.3) is 0 Å². The van der Waals surface area contributed by atoms with Crippen molar-refractivity contribution >= 4 is 5.91 Å². The second-order valence-electron chi connectivity index (χ2n) is 8.71. The first kappa shape index (κ1) is 21.3. The summed E-state index contributed by atoms with van der Waals surface area (Å²) >= 11 is 0. The molecule has 0 radical (unpaired) electrons. The van der Waals surface area contributed by atoms with E-state index in [4.69, 9.17) is 4.42 Å². The zero-order chi connectivity index (χ0) is 21.8. The van der Waals surface area contributed by atoms with Gasteiger partial charge in [-0.1, -0.05) is 32.0 Å². The molecule has 31 heavy (non-hydrogen) atoms. The number of amides is 1. The first-order valence-electron chi connectivity index (χ1n) is 11.0. The molecular formula is C24H31N5O2. The molecule has 0 saturated carbocycles. The van der Waals surface area contributed by atoms with Crippen molar-refractivity contribution in [1.29, 1.82) is 0 Å². The van der Waals surface area contributed by atoms with Crippen molar-refractivity contribution in [1.82, 2.24) is 25.0 Å². The number of hydrogen-bond acceptors (Lipinski definition) is 5. The molecule has 7 heteroatoms. The molecule has 0 bridgehead atoms. The van der Waals surface area contributed by atoms with Crippen LogP contribution in [-0.2, 0) is 24.3 Å². The normalized spacial score (nSPS) is 15.5. The van der Waals surface area contributed by atoms with Gasteiger partial charge in [-0.2, -0.15) is 0 Å². The Morgan fingerprint density at radius 3 is 2.77 bits per heavy atom. The molecule has 3 aromatic rings. The third-order valence-corrected chi connectivity index (χ3v) is 5.68. The molecule has 2 aromatic heterocycles. The molecule has 1 aliphatic rings. The summed E-state index contributed by atoms with van der Waals surface area (Å²) in [6.07, 6.45) is 3.40. The summed E-state index contributed by atoms with van der Waals surface area (Å²) in [5.74, 6) is 3.19. The summed E-state index contributed by atoms with van der Waals surface area (Å²) in [7, 11) is 0. The minimum absolute atomic E-state index is 0.0327. The maximum absolute atomic E-state index is 11.8. The molecule has 1 N–H and O–H groups in total. The predicted molar refractivity (Wildman–Crippen MR) is 119 cm³/mol. The molecule has 0 aliphatic carbocycles. The molecule has 1 atom stereocenters. The average Bonchev–Trinajstić information content (AvgIpc) is 3.36. The SMILES string of the molecule is CC(=O)NC(CC(C)C)c1nnc2n1CCN(Cc1cccc(-c3ccco3)c1)CC2. The van der Waals surface area contributed by atoms with Gasteiger partial charge in [-0.3, -0.25) is 9.69 Å². The van der Waals surface area contributed by atoms with E-state index in [9.17, 15) is 4.79 Å². The van der Waals surface area contributed by atoms with E-state index in [2.05, 4.69) is 63.1 Å². The van der Waals surface area contributed by atoms with Gasteiger partial charge in [0.2, 0.25) is 5.91 Å². The van der Waals surface area contributed by atoms with Gasteiger partial charge in [-0.25, -0.2) is 0 Å². The van der Waals surface area contributed by atoms with Gasteiger partial charge in [0.1, 0.15) is 11.6 Å². The van der Waals surface area contributed by atoms with E-state index in [1.165, 1.54) is 5.56 Å². The van der Waals surface area contributed by atoms with Gasteiger partial charge >= 0.3 is 0 Å². The molecule has 3 heterocycles. The molecule has 0 fully saturated rings. The van der Waals surface area contributed by atoms with Gasteiger partial charge in [0, 0.05) is 45.1 Å². The minimum Gasteiger partial charge on any atom is -0.464 e. The van der Waals surface area contributed by atoms with Crippen LogP contribution in [0.2, 0.25) is 0 Å².